The van der Waals surface area contributed by atoms with E-state index in [4.69, 9.17) is 14.5 Å². The standard InChI is InChI=1S/C30H40N6O2/c1-37-27-12-11-26(23-28(27)38-22-8-19-35-17-6-7-18-35)33-30-31-16-13-29(34-30)36-20-14-25(15-21-36)32-24-9-4-2-3-5-10-24/h2-5,9,11-13,16,23,25,32H,6-8,10,14-15,17-22H2,1H3,(H,31,33,34). The minimum Gasteiger partial charge on any atom is -0.493 e. The molecule has 2 aliphatic heterocycles. The number of piperidine rings is 1. The summed E-state index contributed by atoms with van der Waals surface area (Å²) in [4.78, 5) is 14.1. The van der Waals surface area contributed by atoms with E-state index in [0.29, 0.717) is 18.6 Å². The second kappa shape index (κ2) is 13.3. The molecule has 8 heteroatoms. The summed E-state index contributed by atoms with van der Waals surface area (Å²) in [6, 6.07) is 8.34. The fourth-order valence-electron chi connectivity index (χ4n) is 5.26. The number of nitrogens with one attached hydrogen (secondary N) is 2. The van der Waals surface area contributed by atoms with Crippen molar-refractivity contribution in [3.05, 3.63) is 66.5 Å². The van der Waals surface area contributed by atoms with Crippen molar-refractivity contribution >= 4 is 17.5 Å². The zero-order valence-corrected chi connectivity index (χ0v) is 22.4. The highest BCUT2D eigenvalue weighted by Gasteiger charge is 2.21. The van der Waals surface area contributed by atoms with E-state index in [-0.39, 0.29) is 0 Å². The second-order valence-electron chi connectivity index (χ2n) is 10.1. The molecule has 0 spiro atoms. The van der Waals surface area contributed by atoms with E-state index in [9.17, 15) is 0 Å². The van der Waals surface area contributed by atoms with E-state index in [2.05, 4.69) is 55.8 Å². The van der Waals surface area contributed by atoms with Crippen LogP contribution in [0.2, 0.25) is 0 Å². The van der Waals surface area contributed by atoms with Crippen molar-refractivity contribution in [2.45, 2.75) is 44.6 Å². The lowest BCUT2D eigenvalue weighted by molar-refractivity contribution is 0.254. The predicted octanol–water partition coefficient (Wildman–Crippen LogP) is 5.05. The molecule has 3 heterocycles. The molecule has 0 saturated carbocycles. The van der Waals surface area contributed by atoms with Crippen LogP contribution < -0.4 is 25.0 Å². The van der Waals surface area contributed by atoms with Gasteiger partial charge in [-0.2, -0.15) is 4.98 Å². The molecular formula is C30H40N6O2. The van der Waals surface area contributed by atoms with Crippen LogP contribution in [-0.4, -0.2) is 67.4 Å². The first-order valence-corrected chi connectivity index (χ1v) is 13.9. The number of rotatable bonds is 11. The molecule has 0 atom stereocenters. The number of nitrogens with zero attached hydrogens (tertiary/aromatic N) is 4. The third-order valence-corrected chi connectivity index (χ3v) is 7.34. The quantitative estimate of drug-likeness (QED) is 0.402. The van der Waals surface area contributed by atoms with Crippen LogP contribution in [0.25, 0.3) is 0 Å². The maximum Gasteiger partial charge on any atom is 0.229 e. The first kappa shape index (κ1) is 26.1. The summed E-state index contributed by atoms with van der Waals surface area (Å²) < 4.78 is 11.6. The highest BCUT2D eigenvalue weighted by atomic mass is 16.5. The molecule has 0 bridgehead atoms. The highest BCUT2D eigenvalue weighted by molar-refractivity contribution is 5.60. The summed E-state index contributed by atoms with van der Waals surface area (Å²) in [6.45, 7) is 6.10. The van der Waals surface area contributed by atoms with E-state index >= 15 is 0 Å². The second-order valence-corrected chi connectivity index (χ2v) is 10.1. The molecule has 5 rings (SSSR count). The lowest BCUT2D eigenvalue weighted by Gasteiger charge is -2.34. The smallest absolute Gasteiger partial charge is 0.229 e. The Morgan fingerprint density at radius 3 is 2.71 bits per heavy atom. The Hall–Kier alpha value is -3.52. The van der Waals surface area contributed by atoms with Crippen LogP contribution in [0.1, 0.15) is 38.5 Å². The topological polar surface area (TPSA) is 74.8 Å². The number of hydrogen-bond acceptors (Lipinski definition) is 8. The van der Waals surface area contributed by atoms with Crippen LogP contribution in [0.15, 0.2) is 66.5 Å². The number of benzene rings is 1. The molecule has 1 aromatic heterocycles. The van der Waals surface area contributed by atoms with Gasteiger partial charge in [-0.1, -0.05) is 24.3 Å². The molecule has 2 N–H and O–H groups in total. The van der Waals surface area contributed by atoms with E-state index in [1.807, 2.05) is 30.5 Å². The van der Waals surface area contributed by atoms with Crippen LogP contribution >= 0.6 is 0 Å². The average Bonchev–Trinajstić information content (AvgIpc) is 3.34. The molecule has 2 fully saturated rings. The van der Waals surface area contributed by atoms with Crippen LogP contribution in [0.4, 0.5) is 17.5 Å². The van der Waals surface area contributed by atoms with Gasteiger partial charge in [-0.05, 0) is 69.5 Å². The van der Waals surface area contributed by atoms with E-state index in [0.717, 1.165) is 68.3 Å². The molecule has 38 heavy (non-hydrogen) atoms. The summed E-state index contributed by atoms with van der Waals surface area (Å²) in [5, 5.41) is 7.08. The molecule has 8 nitrogen and oxygen atoms in total. The Bertz CT molecular complexity index is 1130. The first-order chi connectivity index (χ1) is 18.8. The Morgan fingerprint density at radius 1 is 1.00 bits per heavy atom. The third kappa shape index (κ3) is 7.28. The van der Waals surface area contributed by atoms with Crippen LogP contribution in [-0.2, 0) is 0 Å². The Labute approximate surface area is 226 Å². The number of aromatic nitrogens is 2. The van der Waals surface area contributed by atoms with Crippen LogP contribution in [0.5, 0.6) is 11.5 Å². The SMILES string of the molecule is COc1ccc(Nc2nccc(N3CCC(NC4=CC=CC=CC4)CC3)n2)cc1OCCCN1CCCC1. The summed E-state index contributed by atoms with van der Waals surface area (Å²) in [7, 11) is 1.67. The molecule has 2 saturated heterocycles. The summed E-state index contributed by atoms with van der Waals surface area (Å²) in [5.41, 5.74) is 2.16. The zero-order valence-electron chi connectivity index (χ0n) is 22.4. The number of methoxy groups -OCH3 is 1. The van der Waals surface area contributed by atoms with Gasteiger partial charge in [0.25, 0.3) is 0 Å². The monoisotopic (exact) mass is 516 g/mol. The lowest BCUT2D eigenvalue weighted by Crippen LogP contribution is -2.42. The molecule has 0 amide bonds. The lowest BCUT2D eigenvalue weighted by atomic mass is 10.0. The maximum atomic E-state index is 6.10. The van der Waals surface area contributed by atoms with Gasteiger partial charge in [-0.25, -0.2) is 4.98 Å². The van der Waals surface area contributed by atoms with Gasteiger partial charge >= 0.3 is 0 Å². The van der Waals surface area contributed by atoms with E-state index < -0.39 is 0 Å². The Balaban J connectivity index is 1.14. The van der Waals surface area contributed by atoms with Crippen molar-refractivity contribution < 1.29 is 9.47 Å². The van der Waals surface area contributed by atoms with Gasteiger partial charge in [-0.15, -0.1) is 0 Å². The molecule has 3 aliphatic rings. The number of likely N-dealkylation sites (tertiary alicyclic amines) is 1. The Kier molecular flexibility index (Phi) is 9.15. The summed E-state index contributed by atoms with van der Waals surface area (Å²) in [6.07, 6.45) is 19.2. The normalized spacial score (nSPS) is 18.2. The molecule has 0 radical (unpaired) electrons. The van der Waals surface area contributed by atoms with E-state index in [1.54, 1.807) is 7.11 Å². The van der Waals surface area contributed by atoms with Crippen LogP contribution in [0.3, 0.4) is 0 Å². The van der Waals surface area contributed by atoms with Crippen molar-refractivity contribution in [2.24, 2.45) is 0 Å². The third-order valence-electron chi connectivity index (χ3n) is 7.34. The largest absolute Gasteiger partial charge is 0.493 e. The van der Waals surface area contributed by atoms with Gasteiger partial charge in [-0.3, -0.25) is 0 Å². The van der Waals surface area contributed by atoms with Crippen molar-refractivity contribution in [1.82, 2.24) is 20.2 Å². The molecule has 2 aromatic rings. The predicted molar refractivity (Wildman–Crippen MR) is 153 cm³/mol. The van der Waals surface area contributed by atoms with Crippen molar-refractivity contribution in [3.8, 4) is 11.5 Å². The molecule has 202 valence electrons. The molecule has 0 unspecified atom stereocenters. The Morgan fingerprint density at radius 2 is 1.87 bits per heavy atom. The van der Waals surface area contributed by atoms with Crippen molar-refractivity contribution in [3.63, 3.8) is 0 Å². The zero-order chi connectivity index (χ0) is 26.0. The van der Waals surface area contributed by atoms with Gasteiger partial charge in [0.1, 0.15) is 5.82 Å². The van der Waals surface area contributed by atoms with Gasteiger partial charge in [0, 0.05) is 55.7 Å². The fraction of sp³-hybridized carbons (Fsp3) is 0.467. The van der Waals surface area contributed by atoms with Gasteiger partial charge in [0.2, 0.25) is 5.95 Å². The number of anilines is 3. The summed E-state index contributed by atoms with van der Waals surface area (Å²) in [5.74, 6) is 3.00. The van der Waals surface area contributed by atoms with Crippen molar-refractivity contribution in [2.75, 3.05) is 56.7 Å². The minimum atomic E-state index is 0.491. The highest BCUT2D eigenvalue weighted by Crippen LogP contribution is 2.31. The number of hydrogen-bond donors (Lipinski definition) is 2. The van der Waals surface area contributed by atoms with Gasteiger partial charge in [0.05, 0.1) is 13.7 Å². The maximum absolute atomic E-state index is 6.10. The number of ether oxygens (including phenoxy) is 2. The van der Waals surface area contributed by atoms with Crippen molar-refractivity contribution in [1.29, 1.82) is 0 Å². The summed E-state index contributed by atoms with van der Waals surface area (Å²) >= 11 is 0. The van der Waals surface area contributed by atoms with Gasteiger partial charge < -0.3 is 29.9 Å². The van der Waals surface area contributed by atoms with E-state index in [1.165, 1.54) is 31.6 Å². The number of allylic oxidation sites excluding steroid dienone is 5. The molecule has 1 aliphatic carbocycles. The minimum absolute atomic E-state index is 0.491. The molecular weight excluding hydrogens is 476 g/mol. The fourth-order valence-corrected chi connectivity index (χ4v) is 5.26. The average molecular weight is 517 g/mol. The first-order valence-electron chi connectivity index (χ1n) is 13.9. The van der Waals surface area contributed by atoms with Crippen LogP contribution in [0, 0.1) is 0 Å². The molecule has 1 aromatic carbocycles. The van der Waals surface area contributed by atoms with Gasteiger partial charge in [0.15, 0.2) is 11.5 Å².